The number of carboxylic acids is 1. The van der Waals surface area contributed by atoms with E-state index in [2.05, 4.69) is 20.1 Å². The van der Waals surface area contributed by atoms with Crippen molar-refractivity contribution >= 4 is 26.1 Å². The molecular weight excluding hydrogens is 211 g/mol. The summed E-state index contributed by atoms with van der Waals surface area (Å²) in [7, 11) is 8.68. The molecule has 0 aromatic carbocycles. The number of carboxylic acid groups (broad SMARTS) is 1. The van der Waals surface area contributed by atoms with Gasteiger partial charge in [0.2, 0.25) is 0 Å². The fourth-order valence-electron chi connectivity index (χ4n) is 0. The molecule has 0 saturated heterocycles. The molecule has 0 aromatic rings. The van der Waals surface area contributed by atoms with Crippen molar-refractivity contribution in [3.8, 4) is 0 Å². The number of aliphatic carboxylic acids is 1. The number of hydrogen-bond donors (Lipinski definition) is 1. The first kappa shape index (κ1) is 11.9. The molecule has 4 nitrogen and oxygen atoms in total. The van der Waals surface area contributed by atoms with E-state index < -0.39 is 17.1 Å². The van der Waals surface area contributed by atoms with Crippen LogP contribution in [0.3, 0.4) is 0 Å². The maximum atomic E-state index is 9.24. The van der Waals surface area contributed by atoms with Crippen molar-refractivity contribution in [1.82, 2.24) is 0 Å². The molecule has 0 aliphatic rings. The van der Waals surface area contributed by atoms with Gasteiger partial charge in [-0.25, -0.2) is 0 Å². The van der Waals surface area contributed by atoms with E-state index in [9.17, 15) is 7.61 Å². The summed E-state index contributed by atoms with van der Waals surface area (Å²) in [5.74, 6) is -0.833. The van der Waals surface area contributed by atoms with Gasteiger partial charge in [0, 0.05) is 6.92 Å². The number of carbonyl (C=O) groups is 1. The second kappa shape index (κ2) is 5.01. The van der Waals surface area contributed by atoms with Gasteiger partial charge in [0.15, 0.2) is 0 Å². The van der Waals surface area contributed by atoms with Gasteiger partial charge >= 0.3 is 38.8 Å². The Kier molecular flexibility index (Phi) is 6.63. The van der Waals surface area contributed by atoms with E-state index >= 15 is 0 Å². The van der Waals surface area contributed by atoms with Gasteiger partial charge < -0.3 is 5.11 Å². The van der Waals surface area contributed by atoms with Gasteiger partial charge in [-0.1, -0.05) is 0 Å². The van der Waals surface area contributed by atoms with Gasteiger partial charge in [-0.15, -0.1) is 0 Å². The van der Waals surface area contributed by atoms with E-state index in [-0.39, 0.29) is 0 Å². The summed E-state index contributed by atoms with van der Waals surface area (Å²) in [5.41, 5.74) is 0. The van der Waals surface area contributed by atoms with Crippen molar-refractivity contribution in [2.75, 3.05) is 0 Å². The topological polar surface area (TPSA) is 71.4 Å². The third-order valence-electron chi connectivity index (χ3n) is 0. The monoisotopic (exact) mass is 214 g/mol. The Morgan fingerprint density at radius 3 is 1.44 bits per heavy atom. The quantitative estimate of drug-likeness (QED) is 0.659. The van der Waals surface area contributed by atoms with Crippen LogP contribution >= 0.6 is 20.1 Å². The van der Waals surface area contributed by atoms with Crippen LogP contribution in [0, 0.1) is 0 Å². The Morgan fingerprint density at radius 1 is 1.44 bits per heavy atom. The standard InChI is InChI=1S/C2H4O2.2ClH.Cr.2O/c1-2(3)4;;;;;/h1H3,(H,3,4);2*1H;;;/q;;;+2;;/p-2. The van der Waals surface area contributed by atoms with E-state index in [4.69, 9.17) is 9.90 Å². The molecule has 0 spiro atoms. The van der Waals surface area contributed by atoms with Gasteiger partial charge in [0.25, 0.3) is 5.97 Å². The van der Waals surface area contributed by atoms with Gasteiger partial charge in [0.1, 0.15) is 0 Å². The molecule has 0 amide bonds. The van der Waals surface area contributed by atoms with E-state index in [1.54, 1.807) is 0 Å². The predicted octanol–water partition coefficient (Wildman–Crippen LogP) is 1.23. The second-order valence-corrected chi connectivity index (χ2v) is 6.08. The molecule has 0 aliphatic carbocycles. The van der Waals surface area contributed by atoms with Crippen LogP contribution in [-0.4, -0.2) is 11.1 Å². The zero-order valence-corrected chi connectivity index (χ0v) is 7.12. The van der Waals surface area contributed by atoms with Crippen molar-refractivity contribution in [2.24, 2.45) is 0 Å². The maximum absolute atomic E-state index is 9.24. The Labute approximate surface area is 61.9 Å². The fourth-order valence-corrected chi connectivity index (χ4v) is 0. The molecule has 0 heterocycles. The van der Waals surface area contributed by atoms with Gasteiger partial charge in [-0.3, -0.25) is 4.79 Å². The summed E-state index contributed by atoms with van der Waals surface area (Å²) in [6.07, 6.45) is 0. The van der Waals surface area contributed by atoms with E-state index in [0.717, 1.165) is 6.92 Å². The van der Waals surface area contributed by atoms with Crippen molar-refractivity contribution in [1.29, 1.82) is 0 Å². The first-order valence-electron chi connectivity index (χ1n) is 1.57. The number of halogens is 2. The van der Waals surface area contributed by atoms with Crippen LogP contribution in [0.2, 0.25) is 0 Å². The molecular formula is C2H4Cl2CrO4. The van der Waals surface area contributed by atoms with Gasteiger partial charge in [-0.2, -0.15) is 0 Å². The first-order valence-corrected chi connectivity index (χ1v) is 6.12. The normalized spacial score (nSPS) is 9.22. The zero-order valence-electron chi connectivity index (χ0n) is 4.34. The molecule has 0 aliphatic heterocycles. The molecule has 0 rings (SSSR count). The molecule has 0 atom stereocenters. The molecule has 0 unspecified atom stereocenters. The van der Waals surface area contributed by atoms with Crippen molar-refractivity contribution < 1.29 is 28.6 Å². The Bertz CT molecular complexity index is 159. The average Bonchev–Trinajstić information content (AvgIpc) is 1.19. The summed E-state index contributed by atoms with van der Waals surface area (Å²) in [4.78, 5) is 9.00. The summed E-state index contributed by atoms with van der Waals surface area (Å²) in [5, 5.41) is 7.42. The molecule has 0 aromatic heterocycles. The summed E-state index contributed by atoms with van der Waals surface area (Å²) in [6.45, 7) is 1.08. The third kappa shape index (κ3) is 9390. The molecule has 0 saturated carbocycles. The molecule has 0 bridgehead atoms. The minimum absolute atomic E-state index is 0.833. The van der Waals surface area contributed by atoms with Crippen LogP contribution in [0.25, 0.3) is 0 Å². The van der Waals surface area contributed by atoms with E-state index in [1.165, 1.54) is 0 Å². The molecule has 0 radical (unpaired) electrons. The van der Waals surface area contributed by atoms with Crippen LogP contribution in [0.1, 0.15) is 6.92 Å². The summed E-state index contributed by atoms with van der Waals surface area (Å²) >= 11 is -4.31. The molecule has 9 heavy (non-hydrogen) atoms. The summed E-state index contributed by atoms with van der Waals surface area (Å²) in [6, 6.07) is 0. The number of rotatable bonds is 0. The molecule has 0 fully saturated rings. The van der Waals surface area contributed by atoms with Crippen molar-refractivity contribution in [3.63, 3.8) is 0 Å². The van der Waals surface area contributed by atoms with Crippen molar-refractivity contribution in [2.45, 2.75) is 6.92 Å². The Morgan fingerprint density at radius 2 is 1.44 bits per heavy atom. The van der Waals surface area contributed by atoms with Crippen LogP contribution in [0.15, 0.2) is 0 Å². The minimum atomic E-state index is -4.31. The number of hydrogen-bond acceptors (Lipinski definition) is 3. The predicted molar refractivity (Wildman–Crippen MR) is 26.4 cm³/mol. The molecule has 1 N–H and O–H groups in total. The van der Waals surface area contributed by atoms with Crippen molar-refractivity contribution in [3.05, 3.63) is 0 Å². The fraction of sp³-hybridized carbons (Fsp3) is 0.500. The van der Waals surface area contributed by atoms with E-state index in [1.807, 2.05) is 0 Å². The first-order chi connectivity index (χ1) is 3.73. The summed E-state index contributed by atoms with van der Waals surface area (Å²) < 4.78 is 18.5. The second-order valence-electron chi connectivity index (χ2n) is 0.897. The molecule has 7 heteroatoms. The third-order valence-corrected chi connectivity index (χ3v) is 0. The SMILES string of the molecule is CC(=O)O.[O]=[Cr](=[O])([Cl])[Cl]. The van der Waals surface area contributed by atoms with Crippen LogP contribution in [0.4, 0.5) is 0 Å². The molecule has 56 valence electrons. The van der Waals surface area contributed by atoms with Crippen LogP contribution in [-0.2, 0) is 23.5 Å². The average molecular weight is 215 g/mol. The van der Waals surface area contributed by atoms with Gasteiger partial charge in [0.05, 0.1) is 0 Å². The van der Waals surface area contributed by atoms with E-state index in [0.29, 0.717) is 0 Å². The zero-order chi connectivity index (χ0) is 8.08. The Hall–Kier alpha value is 0.182. The van der Waals surface area contributed by atoms with Crippen LogP contribution in [0.5, 0.6) is 0 Å². The van der Waals surface area contributed by atoms with Gasteiger partial charge in [-0.05, 0) is 0 Å². The van der Waals surface area contributed by atoms with Crippen LogP contribution < -0.4 is 0 Å². The Balaban J connectivity index is 0.